The number of amides is 1. The molecule has 1 N–H and O–H groups in total. The summed E-state index contributed by atoms with van der Waals surface area (Å²) in [6.45, 7) is 5.06. The molecule has 1 unspecified atom stereocenters. The van der Waals surface area contributed by atoms with E-state index < -0.39 is 0 Å². The third-order valence-corrected chi connectivity index (χ3v) is 4.67. The number of nitrogens with zero attached hydrogens (tertiary/aromatic N) is 2. The SMILES string of the molecule is COc1ccc(C(CC(C)C)NC(=O)c2ccc(Cn3ccnc3)cc2)cc1. The summed E-state index contributed by atoms with van der Waals surface area (Å²) in [5.74, 6) is 1.22. The van der Waals surface area contributed by atoms with Gasteiger partial charge < -0.3 is 14.6 Å². The van der Waals surface area contributed by atoms with Gasteiger partial charge in [-0.15, -0.1) is 0 Å². The standard InChI is InChI=1S/C23H27N3O2/c1-17(2)14-22(19-8-10-21(28-3)11-9-19)25-23(27)20-6-4-18(5-7-20)15-26-13-12-24-16-26/h4-13,16-17,22H,14-15H2,1-3H3,(H,25,27). The van der Waals surface area contributed by atoms with Gasteiger partial charge in [0.15, 0.2) is 0 Å². The van der Waals surface area contributed by atoms with Gasteiger partial charge in [0.2, 0.25) is 0 Å². The molecule has 0 spiro atoms. The van der Waals surface area contributed by atoms with Gasteiger partial charge in [-0.3, -0.25) is 4.79 Å². The van der Waals surface area contributed by atoms with Gasteiger partial charge in [-0.2, -0.15) is 0 Å². The zero-order valence-electron chi connectivity index (χ0n) is 16.6. The molecule has 1 heterocycles. The lowest BCUT2D eigenvalue weighted by Gasteiger charge is -2.21. The van der Waals surface area contributed by atoms with Crippen LogP contribution >= 0.6 is 0 Å². The molecule has 3 rings (SSSR count). The predicted molar refractivity (Wildman–Crippen MR) is 110 cm³/mol. The van der Waals surface area contributed by atoms with Crippen molar-refractivity contribution in [3.63, 3.8) is 0 Å². The second-order valence-electron chi connectivity index (χ2n) is 7.36. The Balaban J connectivity index is 1.70. The van der Waals surface area contributed by atoms with Crippen molar-refractivity contribution in [2.24, 2.45) is 5.92 Å². The first kappa shape index (κ1) is 19.7. The summed E-state index contributed by atoms with van der Waals surface area (Å²) >= 11 is 0. The topological polar surface area (TPSA) is 56.1 Å². The van der Waals surface area contributed by atoms with Crippen LogP contribution in [0, 0.1) is 5.92 Å². The third-order valence-electron chi connectivity index (χ3n) is 4.67. The van der Waals surface area contributed by atoms with Crippen LogP contribution in [0.1, 0.15) is 47.8 Å². The lowest BCUT2D eigenvalue weighted by Crippen LogP contribution is -2.29. The van der Waals surface area contributed by atoms with E-state index in [1.807, 2.05) is 59.3 Å². The number of imidazole rings is 1. The maximum absolute atomic E-state index is 12.8. The van der Waals surface area contributed by atoms with E-state index in [2.05, 4.69) is 24.1 Å². The van der Waals surface area contributed by atoms with Crippen LogP contribution in [0.3, 0.4) is 0 Å². The van der Waals surface area contributed by atoms with Crippen molar-refractivity contribution in [2.45, 2.75) is 32.9 Å². The Hall–Kier alpha value is -3.08. The Morgan fingerprint density at radius 3 is 2.39 bits per heavy atom. The van der Waals surface area contributed by atoms with E-state index in [1.54, 1.807) is 19.6 Å². The molecule has 1 aromatic heterocycles. The van der Waals surface area contributed by atoms with Crippen LogP contribution in [0.25, 0.3) is 0 Å². The van der Waals surface area contributed by atoms with Crippen molar-refractivity contribution in [2.75, 3.05) is 7.11 Å². The number of carbonyl (C=O) groups excluding carboxylic acids is 1. The van der Waals surface area contributed by atoms with Crippen molar-refractivity contribution >= 4 is 5.91 Å². The zero-order valence-corrected chi connectivity index (χ0v) is 16.6. The summed E-state index contributed by atoms with van der Waals surface area (Å²) in [5, 5.41) is 3.19. The molecule has 28 heavy (non-hydrogen) atoms. The number of aromatic nitrogens is 2. The van der Waals surface area contributed by atoms with Crippen LogP contribution in [0.5, 0.6) is 5.75 Å². The minimum absolute atomic E-state index is 0.0379. The molecule has 146 valence electrons. The molecule has 0 saturated carbocycles. The first-order valence-corrected chi connectivity index (χ1v) is 9.54. The largest absolute Gasteiger partial charge is 0.497 e. The van der Waals surface area contributed by atoms with E-state index in [-0.39, 0.29) is 11.9 Å². The maximum atomic E-state index is 12.8. The molecule has 0 aliphatic carbocycles. The molecule has 0 aliphatic rings. The van der Waals surface area contributed by atoms with Crippen LogP contribution in [0.4, 0.5) is 0 Å². The van der Waals surface area contributed by atoms with E-state index in [0.717, 1.165) is 29.8 Å². The number of benzene rings is 2. The molecule has 1 amide bonds. The molecule has 0 bridgehead atoms. The fourth-order valence-electron chi connectivity index (χ4n) is 3.18. The summed E-state index contributed by atoms with van der Waals surface area (Å²) in [6, 6.07) is 15.6. The van der Waals surface area contributed by atoms with Gasteiger partial charge in [0.05, 0.1) is 19.5 Å². The maximum Gasteiger partial charge on any atom is 0.251 e. The average Bonchev–Trinajstić information content (AvgIpc) is 3.21. The van der Waals surface area contributed by atoms with Gasteiger partial charge in [-0.25, -0.2) is 4.98 Å². The number of rotatable bonds is 8. The van der Waals surface area contributed by atoms with Gasteiger partial charge in [-0.1, -0.05) is 38.1 Å². The molecule has 0 radical (unpaired) electrons. The first-order valence-electron chi connectivity index (χ1n) is 9.54. The van der Waals surface area contributed by atoms with Gasteiger partial charge in [0.1, 0.15) is 5.75 Å². The number of hydrogen-bond donors (Lipinski definition) is 1. The van der Waals surface area contributed by atoms with Crippen molar-refractivity contribution in [1.82, 2.24) is 14.9 Å². The average molecular weight is 377 g/mol. The lowest BCUT2D eigenvalue weighted by molar-refractivity contribution is 0.0932. The number of carbonyl (C=O) groups is 1. The van der Waals surface area contributed by atoms with Crippen LogP contribution in [0.2, 0.25) is 0 Å². The summed E-state index contributed by atoms with van der Waals surface area (Å²) in [4.78, 5) is 16.9. The lowest BCUT2D eigenvalue weighted by atomic mass is 9.96. The predicted octanol–water partition coefficient (Wildman–Crippen LogP) is 4.46. The van der Waals surface area contributed by atoms with Crippen molar-refractivity contribution in [3.05, 3.63) is 83.9 Å². The molecule has 0 aliphatic heterocycles. The molecule has 2 aromatic carbocycles. The van der Waals surface area contributed by atoms with Gasteiger partial charge in [0.25, 0.3) is 5.91 Å². The highest BCUT2D eigenvalue weighted by Crippen LogP contribution is 2.24. The number of hydrogen-bond acceptors (Lipinski definition) is 3. The number of methoxy groups -OCH3 is 1. The normalized spacial score (nSPS) is 12.0. The molecular weight excluding hydrogens is 350 g/mol. The van der Waals surface area contributed by atoms with Crippen molar-refractivity contribution in [3.8, 4) is 5.75 Å². The minimum atomic E-state index is -0.0596. The van der Waals surface area contributed by atoms with Crippen LogP contribution in [0.15, 0.2) is 67.3 Å². The second-order valence-corrected chi connectivity index (χ2v) is 7.36. The van der Waals surface area contributed by atoms with E-state index in [1.165, 1.54) is 0 Å². The zero-order chi connectivity index (χ0) is 19.9. The highest BCUT2D eigenvalue weighted by molar-refractivity contribution is 5.94. The molecule has 3 aromatic rings. The fraction of sp³-hybridized carbons (Fsp3) is 0.304. The van der Waals surface area contributed by atoms with E-state index >= 15 is 0 Å². The molecule has 0 saturated heterocycles. The molecule has 5 heteroatoms. The Morgan fingerprint density at radius 1 is 1.11 bits per heavy atom. The third kappa shape index (κ3) is 5.22. The summed E-state index contributed by atoms with van der Waals surface area (Å²) < 4.78 is 7.23. The fourth-order valence-corrected chi connectivity index (χ4v) is 3.18. The summed E-state index contributed by atoms with van der Waals surface area (Å²) in [7, 11) is 1.65. The molecule has 0 fully saturated rings. The van der Waals surface area contributed by atoms with Crippen LogP contribution < -0.4 is 10.1 Å². The molecule has 5 nitrogen and oxygen atoms in total. The van der Waals surface area contributed by atoms with Crippen LogP contribution in [-0.2, 0) is 6.54 Å². The smallest absolute Gasteiger partial charge is 0.251 e. The van der Waals surface area contributed by atoms with Gasteiger partial charge in [0, 0.05) is 24.5 Å². The monoisotopic (exact) mass is 377 g/mol. The van der Waals surface area contributed by atoms with Gasteiger partial charge >= 0.3 is 0 Å². The Labute approximate surface area is 166 Å². The quantitative estimate of drug-likeness (QED) is 0.631. The molecular formula is C23H27N3O2. The van der Waals surface area contributed by atoms with Crippen molar-refractivity contribution < 1.29 is 9.53 Å². The Bertz CT molecular complexity index is 869. The van der Waals surface area contributed by atoms with Crippen LogP contribution in [-0.4, -0.2) is 22.6 Å². The number of ether oxygens (including phenoxy) is 1. The van der Waals surface area contributed by atoms with E-state index in [9.17, 15) is 4.79 Å². The van der Waals surface area contributed by atoms with Crippen molar-refractivity contribution in [1.29, 1.82) is 0 Å². The summed E-state index contributed by atoms with van der Waals surface area (Å²) in [6.07, 6.45) is 6.34. The molecule has 1 atom stereocenters. The first-order chi connectivity index (χ1) is 13.5. The Kier molecular flexibility index (Phi) is 6.48. The van der Waals surface area contributed by atoms with E-state index in [0.29, 0.717) is 11.5 Å². The minimum Gasteiger partial charge on any atom is -0.497 e. The van der Waals surface area contributed by atoms with Gasteiger partial charge in [-0.05, 0) is 47.7 Å². The summed E-state index contributed by atoms with van der Waals surface area (Å²) in [5.41, 5.74) is 2.87. The second kappa shape index (κ2) is 9.22. The highest BCUT2D eigenvalue weighted by atomic mass is 16.5. The highest BCUT2D eigenvalue weighted by Gasteiger charge is 2.17. The number of nitrogens with one attached hydrogen (secondary N) is 1. The Morgan fingerprint density at radius 2 is 1.82 bits per heavy atom. The van der Waals surface area contributed by atoms with E-state index in [4.69, 9.17) is 4.74 Å².